The van der Waals surface area contributed by atoms with Gasteiger partial charge in [-0.3, -0.25) is 4.79 Å². The third-order valence-electron chi connectivity index (χ3n) is 4.51. The molecule has 0 radical (unpaired) electrons. The van der Waals surface area contributed by atoms with E-state index in [1.165, 1.54) is 11.8 Å². The second kappa shape index (κ2) is 9.97. The van der Waals surface area contributed by atoms with Gasteiger partial charge in [-0.2, -0.15) is 4.68 Å². The lowest BCUT2D eigenvalue weighted by molar-refractivity contribution is -0.115. The molecule has 0 aliphatic rings. The maximum absolute atomic E-state index is 12.7. The van der Waals surface area contributed by atoms with E-state index in [4.69, 9.17) is 9.47 Å². The van der Waals surface area contributed by atoms with Crippen LogP contribution in [0.4, 0.5) is 5.69 Å². The third kappa shape index (κ3) is 5.25. The Morgan fingerprint density at radius 2 is 1.59 bits per heavy atom. The first kappa shape index (κ1) is 21.4. The number of amides is 1. The van der Waals surface area contributed by atoms with Gasteiger partial charge >= 0.3 is 0 Å². The average Bonchev–Trinajstić information content (AvgIpc) is 3.29. The Morgan fingerprint density at radius 1 is 0.938 bits per heavy atom. The molecule has 0 saturated heterocycles. The Kier molecular flexibility index (Phi) is 6.66. The number of methoxy groups -OCH3 is 1. The number of anilines is 1. The van der Waals surface area contributed by atoms with E-state index in [1.807, 2.05) is 66.7 Å². The molecule has 0 spiro atoms. The van der Waals surface area contributed by atoms with E-state index < -0.39 is 5.25 Å². The van der Waals surface area contributed by atoms with Crippen molar-refractivity contribution >= 4 is 23.4 Å². The fourth-order valence-corrected chi connectivity index (χ4v) is 3.63. The van der Waals surface area contributed by atoms with Crippen LogP contribution in [0.2, 0.25) is 0 Å². The van der Waals surface area contributed by atoms with Crippen molar-refractivity contribution in [3.8, 4) is 22.9 Å². The molecular weight excluding hydrogens is 426 g/mol. The highest BCUT2D eigenvalue weighted by molar-refractivity contribution is 8.00. The van der Waals surface area contributed by atoms with E-state index in [0.717, 1.165) is 17.2 Å². The van der Waals surface area contributed by atoms with Crippen LogP contribution < -0.4 is 14.8 Å². The predicted molar refractivity (Wildman–Crippen MR) is 123 cm³/mol. The number of thioether (sulfide) groups is 1. The molecule has 32 heavy (non-hydrogen) atoms. The first-order valence-electron chi connectivity index (χ1n) is 9.85. The zero-order valence-corrected chi connectivity index (χ0v) is 18.3. The highest BCUT2D eigenvalue weighted by Gasteiger charge is 2.19. The second-order valence-electron chi connectivity index (χ2n) is 6.76. The number of tetrazole rings is 1. The maximum Gasteiger partial charge on any atom is 0.237 e. The largest absolute Gasteiger partial charge is 0.497 e. The summed E-state index contributed by atoms with van der Waals surface area (Å²) in [5.74, 6) is 2.03. The maximum atomic E-state index is 12.7. The Hall–Kier alpha value is -3.85. The van der Waals surface area contributed by atoms with E-state index in [1.54, 1.807) is 30.8 Å². The van der Waals surface area contributed by atoms with Crippen LogP contribution in [-0.2, 0) is 4.79 Å². The average molecular weight is 448 g/mol. The van der Waals surface area contributed by atoms with E-state index >= 15 is 0 Å². The number of benzene rings is 3. The SMILES string of the molecule is COc1ccc(-n2nnnc2SC(C)C(=O)Nc2ccc(Oc3ccccc3)cc2)cc1. The van der Waals surface area contributed by atoms with Gasteiger partial charge in [-0.15, -0.1) is 5.10 Å². The molecule has 9 heteroatoms. The number of aromatic nitrogens is 4. The highest BCUT2D eigenvalue weighted by Crippen LogP contribution is 2.26. The fraction of sp³-hybridized carbons (Fsp3) is 0.130. The summed E-state index contributed by atoms with van der Waals surface area (Å²) in [5, 5.41) is 14.8. The van der Waals surface area contributed by atoms with Gasteiger partial charge in [-0.05, 0) is 78.0 Å². The van der Waals surface area contributed by atoms with Crippen molar-refractivity contribution in [2.24, 2.45) is 0 Å². The lowest BCUT2D eigenvalue weighted by Crippen LogP contribution is -2.22. The Bertz CT molecular complexity index is 1160. The van der Waals surface area contributed by atoms with Gasteiger partial charge in [0.15, 0.2) is 0 Å². The van der Waals surface area contributed by atoms with Crippen molar-refractivity contribution in [2.45, 2.75) is 17.3 Å². The molecule has 1 aromatic heterocycles. The standard InChI is InChI=1S/C23H21N5O3S/c1-16(32-23-25-26-27-28(23)18-10-14-19(30-2)15-11-18)22(29)24-17-8-12-21(13-9-17)31-20-6-4-3-5-7-20/h3-16H,1-2H3,(H,24,29). The molecule has 0 fully saturated rings. The summed E-state index contributed by atoms with van der Waals surface area (Å²) in [4.78, 5) is 12.7. The van der Waals surface area contributed by atoms with Crippen molar-refractivity contribution in [1.82, 2.24) is 20.2 Å². The predicted octanol–water partition coefficient (Wildman–Crippen LogP) is 4.58. The smallest absolute Gasteiger partial charge is 0.237 e. The molecule has 162 valence electrons. The minimum Gasteiger partial charge on any atom is -0.497 e. The molecule has 0 bridgehead atoms. The van der Waals surface area contributed by atoms with Crippen LogP contribution in [0.15, 0.2) is 84.0 Å². The van der Waals surface area contributed by atoms with Crippen molar-refractivity contribution in [1.29, 1.82) is 0 Å². The quantitative estimate of drug-likeness (QED) is 0.395. The molecule has 0 aliphatic carbocycles. The van der Waals surface area contributed by atoms with Crippen LogP contribution in [0.3, 0.4) is 0 Å². The van der Waals surface area contributed by atoms with E-state index in [-0.39, 0.29) is 5.91 Å². The van der Waals surface area contributed by atoms with E-state index in [2.05, 4.69) is 20.8 Å². The number of rotatable bonds is 8. The number of para-hydroxylation sites is 1. The molecule has 4 rings (SSSR count). The van der Waals surface area contributed by atoms with Gasteiger partial charge in [0.2, 0.25) is 11.1 Å². The van der Waals surface area contributed by atoms with Gasteiger partial charge in [0, 0.05) is 5.69 Å². The normalized spacial score (nSPS) is 11.6. The lowest BCUT2D eigenvalue weighted by Gasteiger charge is -2.12. The summed E-state index contributed by atoms with van der Waals surface area (Å²) in [6.45, 7) is 1.81. The minimum atomic E-state index is -0.418. The van der Waals surface area contributed by atoms with Crippen molar-refractivity contribution in [3.05, 3.63) is 78.9 Å². The molecule has 1 unspecified atom stereocenters. The first-order valence-corrected chi connectivity index (χ1v) is 10.7. The highest BCUT2D eigenvalue weighted by atomic mass is 32.2. The number of ether oxygens (including phenoxy) is 2. The third-order valence-corrected chi connectivity index (χ3v) is 5.54. The number of nitrogens with zero attached hydrogens (tertiary/aromatic N) is 4. The molecule has 1 amide bonds. The topological polar surface area (TPSA) is 91.2 Å². The Labute approximate surface area is 189 Å². The van der Waals surface area contributed by atoms with Crippen LogP contribution in [0, 0.1) is 0 Å². The number of carbonyl (C=O) groups is 1. The zero-order chi connectivity index (χ0) is 22.3. The van der Waals surface area contributed by atoms with Crippen LogP contribution in [0.5, 0.6) is 17.2 Å². The summed E-state index contributed by atoms with van der Waals surface area (Å²) in [7, 11) is 1.61. The number of hydrogen-bond donors (Lipinski definition) is 1. The van der Waals surface area contributed by atoms with Crippen molar-refractivity contribution in [2.75, 3.05) is 12.4 Å². The fourth-order valence-electron chi connectivity index (χ4n) is 2.82. The summed E-state index contributed by atoms with van der Waals surface area (Å²) < 4.78 is 12.5. The Balaban J connectivity index is 1.37. The number of carbonyl (C=O) groups excluding carboxylic acids is 1. The number of nitrogens with one attached hydrogen (secondary N) is 1. The monoisotopic (exact) mass is 447 g/mol. The van der Waals surface area contributed by atoms with Gasteiger partial charge in [0.05, 0.1) is 18.0 Å². The molecule has 4 aromatic rings. The molecule has 1 N–H and O–H groups in total. The molecule has 1 heterocycles. The van der Waals surface area contributed by atoms with Crippen molar-refractivity contribution in [3.63, 3.8) is 0 Å². The van der Waals surface area contributed by atoms with Gasteiger partial charge < -0.3 is 14.8 Å². The van der Waals surface area contributed by atoms with E-state index in [9.17, 15) is 4.79 Å². The van der Waals surface area contributed by atoms with Gasteiger partial charge in [0.1, 0.15) is 17.2 Å². The molecule has 1 atom stereocenters. The molecule has 8 nitrogen and oxygen atoms in total. The van der Waals surface area contributed by atoms with Crippen molar-refractivity contribution < 1.29 is 14.3 Å². The second-order valence-corrected chi connectivity index (χ2v) is 8.07. The zero-order valence-electron chi connectivity index (χ0n) is 17.5. The summed E-state index contributed by atoms with van der Waals surface area (Å²) in [6.07, 6.45) is 0. The molecule has 0 aliphatic heterocycles. The molecular formula is C23H21N5O3S. The van der Waals surface area contributed by atoms with Crippen LogP contribution in [-0.4, -0.2) is 38.5 Å². The summed E-state index contributed by atoms with van der Waals surface area (Å²) >= 11 is 1.27. The van der Waals surface area contributed by atoms with Gasteiger partial charge in [0.25, 0.3) is 0 Å². The molecule has 3 aromatic carbocycles. The van der Waals surface area contributed by atoms with Crippen LogP contribution in [0.1, 0.15) is 6.92 Å². The first-order chi connectivity index (χ1) is 15.6. The summed E-state index contributed by atoms with van der Waals surface area (Å²) in [5.41, 5.74) is 1.46. The number of hydrogen-bond acceptors (Lipinski definition) is 7. The lowest BCUT2D eigenvalue weighted by atomic mass is 10.3. The Morgan fingerprint density at radius 3 is 2.28 bits per heavy atom. The summed E-state index contributed by atoms with van der Waals surface area (Å²) in [6, 6.07) is 24.1. The van der Waals surface area contributed by atoms with E-state index in [0.29, 0.717) is 16.6 Å². The van der Waals surface area contributed by atoms with Crippen LogP contribution in [0.25, 0.3) is 5.69 Å². The molecule has 0 saturated carbocycles. The van der Waals surface area contributed by atoms with Gasteiger partial charge in [-0.1, -0.05) is 30.0 Å². The van der Waals surface area contributed by atoms with Gasteiger partial charge in [-0.25, -0.2) is 0 Å². The van der Waals surface area contributed by atoms with Crippen LogP contribution >= 0.6 is 11.8 Å². The minimum absolute atomic E-state index is 0.156.